The van der Waals surface area contributed by atoms with Crippen molar-refractivity contribution in [2.24, 2.45) is 0 Å². The molecule has 0 radical (unpaired) electrons. The Bertz CT molecular complexity index is 740. The first-order valence-corrected chi connectivity index (χ1v) is 8.23. The molecule has 4 heteroatoms. The molecule has 4 nitrogen and oxygen atoms in total. The molecule has 0 spiro atoms. The van der Waals surface area contributed by atoms with E-state index in [9.17, 15) is 5.11 Å². The third-order valence-corrected chi connectivity index (χ3v) is 4.24. The third kappa shape index (κ3) is 3.91. The van der Waals surface area contributed by atoms with Crippen molar-refractivity contribution in [3.05, 3.63) is 78.0 Å². The molecule has 2 N–H and O–H groups in total. The highest BCUT2D eigenvalue weighted by Crippen LogP contribution is 2.25. The molecule has 0 fully saturated rings. The molecule has 2 aromatic carbocycles. The summed E-state index contributed by atoms with van der Waals surface area (Å²) < 4.78 is 0. The topological polar surface area (TPSA) is 52.2 Å². The molecule has 0 bridgehead atoms. The molecule has 0 saturated carbocycles. The summed E-state index contributed by atoms with van der Waals surface area (Å²) >= 11 is 0. The van der Waals surface area contributed by atoms with E-state index in [1.54, 1.807) is 0 Å². The van der Waals surface area contributed by atoms with Crippen LogP contribution in [-0.2, 0) is 6.54 Å². The molecule has 0 saturated heterocycles. The van der Waals surface area contributed by atoms with E-state index in [1.165, 1.54) is 5.56 Å². The van der Waals surface area contributed by atoms with Crippen molar-refractivity contribution in [3.8, 4) is 11.3 Å². The van der Waals surface area contributed by atoms with Gasteiger partial charge in [0.05, 0.1) is 5.69 Å². The van der Waals surface area contributed by atoms with E-state index in [0.29, 0.717) is 6.42 Å². The summed E-state index contributed by atoms with van der Waals surface area (Å²) in [5, 5.41) is 17.0. The van der Waals surface area contributed by atoms with Gasteiger partial charge >= 0.3 is 0 Å². The minimum Gasteiger partial charge on any atom is -0.396 e. The Kier molecular flexibility index (Phi) is 5.41. The first-order chi connectivity index (χ1) is 11.8. The zero-order valence-corrected chi connectivity index (χ0v) is 13.9. The van der Waals surface area contributed by atoms with Gasteiger partial charge in [-0.25, -0.2) is 0 Å². The number of H-pyrrole nitrogens is 1. The fourth-order valence-electron chi connectivity index (χ4n) is 3.02. The van der Waals surface area contributed by atoms with Gasteiger partial charge in [0.1, 0.15) is 0 Å². The van der Waals surface area contributed by atoms with Gasteiger partial charge in [0.15, 0.2) is 0 Å². The minimum absolute atomic E-state index is 0.169. The average molecular weight is 321 g/mol. The van der Waals surface area contributed by atoms with Gasteiger partial charge in [-0.1, -0.05) is 60.7 Å². The summed E-state index contributed by atoms with van der Waals surface area (Å²) in [5.41, 5.74) is 4.35. The second kappa shape index (κ2) is 7.90. The van der Waals surface area contributed by atoms with Crippen LogP contribution in [0.4, 0.5) is 0 Å². The second-order valence-electron chi connectivity index (χ2n) is 6.00. The molecule has 0 aliphatic rings. The number of hydrogen-bond acceptors (Lipinski definition) is 3. The quantitative estimate of drug-likeness (QED) is 0.698. The van der Waals surface area contributed by atoms with Crippen LogP contribution < -0.4 is 0 Å². The van der Waals surface area contributed by atoms with Crippen molar-refractivity contribution in [1.82, 2.24) is 15.1 Å². The van der Waals surface area contributed by atoms with Crippen molar-refractivity contribution in [3.63, 3.8) is 0 Å². The maximum atomic E-state index is 9.42. The molecular formula is C20H23N3O. The summed E-state index contributed by atoms with van der Waals surface area (Å²) in [6.07, 6.45) is 0.709. The van der Waals surface area contributed by atoms with Crippen LogP contribution in [0.15, 0.2) is 66.7 Å². The number of benzene rings is 2. The van der Waals surface area contributed by atoms with Crippen molar-refractivity contribution < 1.29 is 5.11 Å². The highest BCUT2D eigenvalue weighted by atomic mass is 16.3. The van der Waals surface area contributed by atoms with Crippen LogP contribution in [0.5, 0.6) is 0 Å². The molecule has 3 rings (SSSR count). The molecule has 124 valence electrons. The first kappa shape index (κ1) is 16.4. The van der Waals surface area contributed by atoms with Gasteiger partial charge in [0.25, 0.3) is 0 Å². The lowest BCUT2D eigenvalue weighted by atomic mass is 10.0. The standard InChI is InChI=1S/C20H23N3O/c1-23(20(12-13-24)17-10-6-3-7-11-17)15-18-14-19(22-21-18)16-8-4-2-5-9-16/h2-11,14,20,24H,12-13,15H2,1H3,(H,21,22). The molecule has 0 aliphatic heterocycles. The smallest absolute Gasteiger partial charge is 0.0924 e. The minimum atomic E-state index is 0.169. The lowest BCUT2D eigenvalue weighted by Gasteiger charge is -2.27. The fraction of sp³-hybridized carbons (Fsp3) is 0.250. The van der Waals surface area contributed by atoms with Gasteiger partial charge in [0.2, 0.25) is 0 Å². The molecule has 0 aliphatic carbocycles. The van der Waals surface area contributed by atoms with Crippen molar-refractivity contribution in [1.29, 1.82) is 0 Å². The number of aliphatic hydroxyl groups excluding tert-OH is 1. The largest absolute Gasteiger partial charge is 0.396 e. The zero-order chi connectivity index (χ0) is 16.8. The molecular weight excluding hydrogens is 298 g/mol. The van der Waals surface area contributed by atoms with Gasteiger partial charge in [-0.15, -0.1) is 0 Å². The Labute approximate surface area is 142 Å². The van der Waals surface area contributed by atoms with E-state index in [-0.39, 0.29) is 12.6 Å². The summed E-state index contributed by atoms with van der Waals surface area (Å²) in [6, 6.07) is 22.7. The van der Waals surface area contributed by atoms with Gasteiger partial charge in [-0.2, -0.15) is 5.10 Å². The monoisotopic (exact) mass is 321 g/mol. The van der Waals surface area contributed by atoms with E-state index in [4.69, 9.17) is 0 Å². The summed E-state index contributed by atoms with van der Waals surface area (Å²) in [6.45, 7) is 0.918. The van der Waals surface area contributed by atoms with Crippen LogP contribution in [0.25, 0.3) is 11.3 Å². The predicted octanol–water partition coefficient (Wildman–Crippen LogP) is 3.63. The van der Waals surface area contributed by atoms with Gasteiger partial charge in [0, 0.05) is 30.5 Å². The van der Waals surface area contributed by atoms with Crippen LogP contribution in [-0.4, -0.2) is 33.9 Å². The number of nitrogens with zero attached hydrogens (tertiary/aromatic N) is 2. The normalized spacial score (nSPS) is 12.5. The third-order valence-electron chi connectivity index (χ3n) is 4.24. The highest BCUT2D eigenvalue weighted by Gasteiger charge is 2.17. The molecule has 24 heavy (non-hydrogen) atoms. The average Bonchev–Trinajstić information content (AvgIpc) is 3.09. The van der Waals surface area contributed by atoms with Crippen LogP contribution >= 0.6 is 0 Å². The zero-order valence-electron chi connectivity index (χ0n) is 13.9. The summed E-state index contributed by atoms with van der Waals surface area (Å²) in [7, 11) is 2.08. The van der Waals surface area contributed by atoms with Crippen molar-refractivity contribution in [2.45, 2.75) is 19.0 Å². The van der Waals surface area contributed by atoms with E-state index in [1.807, 2.05) is 36.4 Å². The number of aliphatic hydroxyl groups is 1. The Hall–Kier alpha value is -2.43. The SMILES string of the molecule is CN(Cc1cc(-c2ccccc2)n[nH]1)C(CCO)c1ccccc1. The predicted molar refractivity (Wildman–Crippen MR) is 96.4 cm³/mol. The lowest BCUT2D eigenvalue weighted by Crippen LogP contribution is -2.25. The molecule has 1 aromatic heterocycles. The van der Waals surface area contributed by atoms with E-state index in [2.05, 4.69) is 52.5 Å². The molecule has 3 aromatic rings. The lowest BCUT2D eigenvalue weighted by molar-refractivity contribution is 0.178. The summed E-state index contributed by atoms with van der Waals surface area (Å²) in [4.78, 5) is 2.24. The van der Waals surface area contributed by atoms with Crippen LogP contribution in [0.1, 0.15) is 23.7 Å². The maximum absolute atomic E-state index is 9.42. The molecule has 1 unspecified atom stereocenters. The molecule has 1 atom stereocenters. The fourth-order valence-corrected chi connectivity index (χ4v) is 3.02. The van der Waals surface area contributed by atoms with E-state index < -0.39 is 0 Å². The first-order valence-electron chi connectivity index (χ1n) is 8.23. The number of nitrogens with one attached hydrogen (secondary N) is 1. The highest BCUT2D eigenvalue weighted by molar-refractivity contribution is 5.58. The van der Waals surface area contributed by atoms with Crippen LogP contribution in [0.2, 0.25) is 0 Å². The maximum Gasteiger partial charge on any atom is 0.0924 e. The van der Waals surface area contributed by atoms with Crippen LogP contribution in [0.3, 0.4) is 0 Å². The second-order valence-corrected chi connectivity index (χ2v) is 6.00. The summed E-state index contributed by atoms with van der Waals surface area (Å²) in [5.74, 6) is 0. The van der Waals surface area contributed by atoms with Crippen molar-refractivity contribution in [2.75, 3.05) is 13.7 Å². The Morgan fingerprint density at radius 1 is 1.04 bits per heavy atom. The van der Waals surface area contributed by atoms with E-state index in [0.717, 1.165) is 23.5 Å². The Balaban J connectivity index is 1.73. The van der Waals surface area contributed by atoms with E-state index >= 15 is 0 Å². The Morgan fingerprint density at radius 2 is 1.71 bits per heavy atom. The number of aromatic amines is 1. The van der Waals surface area contributed by atoms with Crippen molar-refractivity contribution >= 4 is 0 Å². The van der Waals surface area contributed by atoms with Gasteiger partial charge in [-0.05, 0) is 25.1 Å². The molecule has 0 amide bonds. The number of hydrogen-bond donors (Lipinski definition) is 2. The Morgan fingerprint density at radius 3 is 2.38 bits per heavy atom. The number of aromatic nitrogens is 2. The van der Waals surface area contributed by atoms with Crippen LogP contribution in [0, 0.1) is 0 Å². The van der Waals surface area contributed by atoms with Gasteiger partial charge < -0.3 is 5.11 Å². The van der Waals surface area contributed by atoms with Gasteiger partial charge in [-0.3, -0.25) is 10.00 Å². The molecule has 1 heterocycles. The number of rotatable bonds is 7.